The number of nitrogens with zero attached hydrogens (tertiary/aromatic N) is 3. The van der Waals surface area contributed by atoms with Gasteiger partial charge in [0.25, 0.3) is 0 Å². The maximum Gasteiger partial charge on any atom is 0.221 e. The molecule has 2 heterocycles. The maximum atomic E-state index is 5.61. The predicted molar refractivity (Wildman–Crippen MR) is 41.9 cm³/mol. The summed E-state index contributed by atoms with van der Waals surface area (Å²) in [7, 11) is 0. The van der Waals surface area contributed by atoms with Gasteiger partial charge in [-0.3, -0.25) is 4.57 Å². The summed E-state index contributed by atoms with van der Waals surface area (Å²) in [5.74, 6) is 2.31. The first-order chi connectivity index (χ1) is 5.27. The Bertz CT molecular complexity index is 265. The summed E-state index contributed by atoms with van der Waals surface area (Å²) in [5.41, 5.74) is 5.61. The van der Waals surface area contributed by atoms with Crippen LogP contribution in [0.1, 0.15) is 19.2 Å². The van der Waals surface area contributed by atoms with Gasteiger partial charge >= 0.3 is 0 Å². The number of hydrogen-bond donors (Lipinski definition) is 1. The fraction of sp³-hybridized carbons (Fsp3) is 0.714. The molecule has 4 nitrogen and oxygen atoms in total. The Labute approximate surface area is 65.4 Å². The van der Waals surface area contributed by atoms with Crippen LogP contribution in [0.3, 0.4) is 0 Å². The summed E-state index contributed by atoms with van der Waals surface area (Å²) >= 11 is 0. The van der Waals surface area contributed by atoms with Crippen LogP contribution in [-0.4, -0.2) is 14.8 Å². The van der Waals surface area contributed by atoms with Gasteiger partial charge < -0.3 is 5.73 Å². The van der Waals surface area contributed by atoms with Gasteiger partial charge in [-0.25, -0.2) is 0 Å². The van der Waals surface area contributed by atoms with Crippen LogP contribution in [-0.2, 0) is 13.0 Å². The molecule has 0 saturated carbocycles. The molecule has 2 rings (SSSR count). The van der Waals surface area contributed by atoms with Gasteiger partial charge in [0.1, 0.15) is 5.82 Å². The van der Waals surface area contributed by atoms with E-state index in [1.54, 1.807) is 0 Å². The Morgan fingerprint density at radius 2 is 2.36 bits per heavy atom. The number of rotatable bonds is 0. The lowest BCUT2D eigenvalue weighted by molar-refractivity contribution is 0.397. The van der Waals surface area contributed by atoms with Crippen LogP contribution in [0.5, 0.6) is 0 Å². The van der Waals surface area contributed by atoms with Crippen LogP contribution in [0.15, 0.2) is 0 Å². The topological polar surface area (TPSA) is 56.7 Å². The molecule has 0 saturated heterocycles. The van der Waals surface area contributed by atoms with Crippen molar-refractivity contribution in [2.45, 2.75) is 26.3 Å². The molecule has 0 spiro atoms. The van der Waals surface area contributed by atoms with Crippen LogP contribution in [0.4, 0.5) is 5.95 Å². The monoisotopic (exact) mass is 152 g/mol. The van der Waals surface area contributed by atoms with Gasteiger partial charge in [-0.15, -0.1) is 10.2 Å². The first-order valence-corrected chi connectivity index (χ1v) is 3.95. The molecule has 0 aliphatic carbocycles. The quantitative estimate of drug-likeness (QED) is 0.587. The molecule has 1 unspecified atom stereocenters. The highest BCUT2D eigenvalue weighted by Crippen LogP contribution is 2.19. The van der Waals surface area contributed by atoms with E-state index in [0.717, 1.165) is 18.8 Å². The third kappa shape index (κ3) is 0.982. The van der Waals surface area contributed by atoms with Gasteiger partial charge in [0.05, 0.1) is 0 Å². The van der Waals surface area contributed by atoms with Crippen LogP contribution < -0.4 is 5.73 Å². The second-order valence-electron chi connectivity index (χ2n) is 3.23. The second-order valence-corrected chi connectivity index (χ2v) is 3.23. The molecule has 1 aromatic rings. The minimum atomic E-state index is 0.562. The van der Waals surface area contributed by atoms with Gasteiger partial charge in [-0.1, -0.05) is 6.92 Å². The lowest BCUT2D eigenvalue weighted by Crippen LogP contribution is -2.19. The third-order valence-corrected chi connectivity index (χ3v) is 2.21. The van der Waals surface area contributed by atoms with Crippen molar-refractivity contribution in [2.24, 2.45) is 5.92 Å². The summed E-state index contributed by atoms with van der Waals surface area (Å²) in [6.45, 7) is 3.20. The van der Waals surface area contributed by atoms with E-state index in [9.17, 15) is 0 Å². The zero-order valence-electron chi connectivity index (χ0n) is 6.62. The van der Waals surface area contributed by atoms with Crippen LogP contribution in [0, 0.1) is 5.92 Å². The van der Waals surface area contributed by atoms with Gasteiger partial charge in [-0.2, -0.15) is 0 Å². The highest BCUT2D eigenvalue weighted by atomic mass is 15.3. The largest absolute Gasteiger partial charge is 0.368 e. The SMILES string of the molecule is CC1CCc2nnc(N)n2C1. The van der Waals surface area contributed by atoms with E-state index in [4.69, 9.17) is 5.73 Å². The number of aryl methyl sites for hydroxylation is 1. The molecular formula is C7H12N4. The molecule has 0 aromatic carbocycles. The van der Waals surface area contributed by atoms with Crippen molar-refractivity contribution in [3.63, 3.8) is 0 Å². The first kappa shape index (κ1) is 6.64. The number of nitrogen functional groups attached to an aromatic ring is 1. The van der Waals surface area contributed by atoms with Crippen molar-refractivity contribution in [3.8, 4) is 0 Å². The lowest BCUT2D eigenvalue weighted by Gasteiger charge is -2.19. The van der Waals surface area contributed by atoms with Gasteiger partial charge in [0, 0.05) is 13.0 Å². The predicted octanol–water partition coefficient (Wildman–Crippen LogP) is 0.443. The minimum Gasteiger partial charge on any atom is -0.368 e. The van der Waals surface area contributed by atoms with E-state index in [2.05, 4.69) is 17.1 Å². The van der Waals surface area contributed by atoms with Crippen molar-refractivity contribution in [1.82, 2.24) is 14.8 Å². The van der Waals surface area contributed by atoms with Crippen molar-refractivity contribution >= 4 is 5.95 Å². The van der Waals surface area contributed by atoms with Crippen LogP contribution in [0.25, 0.3) is 0 Å². The molecule has 0 amide bonds. The van der Waals surface area contributed by atoms with Crippen LogP contribution in [0.2, 0.25) is 0 Å². The number of hydrogen-bond acceptors (Lipinski definition) is 3. The Balaban J connectivity index is 2.37. The summed E-state index contributed by atoms with van der Waals surface area (Å²) < 4.78 is 2.01. The average Bonchev–Trinajstić information content (AvgIpc) is 2.33. The van der Waals surface area contributed by atoms with E-state index >= 15 is 0 Å². The highest BCUT2D eigenvalue weighted by molar-refractivity contribution is 5.18. The highest BCUT2D eigenvalue weighted by Gasteiger charge is 2.18. The lowest BCUT2D eigenvalue weighted by atomic mass is 10.0. The molecule has 11 heavy (non-hydrogen) atoms. The number of anilines is 1. The first-order valence-electron chi connectivity index (χ1n) is 3.95. The second kappa shape index (κ2) is 2.22. The fourth-order valence-corrected chi connectivity index (χ4v) is 1.51. The summed E-state index contributed by atoms with van der Waals surface area (Å²) in [5, 5.41) is 7.80. The molecule has 1 aromatic heterocycles. The Morgan fingerprint density at radius 1 is 1.55 bits per heavy atom. The smallest absolute Gasteiger partial charge is 0.221 e. The van der Waals surface area contributed by atoms with Gasteiger partial charge in [-0.05, 0) is 12.3 Å². The molecule has 0 fully saturated rings. The van der Waals surface area contributed by atoms with E-state index in [1.807, 2.05) is 4.57 Å². The molecule has 1 aliphatic rings. The van der Waals surface area contributed by atoms with Crippen molar-refractivity contribution in [2.75, 3.05) is 5.73 Å². The summed E-state index contributed by atoms with van der Waals surface area (Å²) in [4.78, 5) is 0. The summed E-state index contributed by atoms with van der Waals surface area (Å²) in [6.07, 6.45) is 2.23. The van der Waals surface area contributed by atoms with E-state index in [-0.39, 0.29) is 0 Å². The zero-order valence-corrected chi connectivity index (χ0v) is 6.62. The van der Waals surface area contributed by atoms with E-state index < -0.39 is 0 Å². The van der Waals surface area contributed by atoms with Crippen LogP contribution >= 0.6 is 0 Å². The molecule has 1 atom stereocenters. The van der Waals surface area contributed by atoms with Gasteiger partial charge in [0.2, 0.25) is 5.95 Å². The minimum absolute atomic E-state index is 0.562. The third-order valence-electron chi connectivity index (χ3n) is 2.21. The molecule has 2 N–H and O–H groups in total. The summed E-state index contributed by atoms with van der Waals surface area (Å²) in [6, 6.07) is 0. The maximum absolute atomic E-state index is 5.61. The molecule has 1 aliphatic heterocycles. The van der Waals surface area contributed by atoms with Crippen molar-refractivity contribution in [1.29, 1.82) is 0 Å². The average molecular weight is 152 g/mol. The molecule has 4 heteroatoms. The van der Waals surface area contributed by atoms with Gasteiger partial charge in [0.15, 0.2) is 0 Å². The molecule has 0 bridgehead atoms. The van der Waals surface area contributed by atoms with E-state index in [1.165, 1.54) is 6.42 Å². The van der Waals surface area contributed by atoms with E-state index in [0.29, 0.717) is 11.9 Å². The fourth-order valence-electron chi connectivity index (χ4n) is 1.51. The molecular weight excluding hydrogens is 140 g/mol. The van der Waals surface area contributed by atoms with Crippen molar-refractivity contribution in [3.05, 3.63) is 5.82 Å². The Kier molecular flexibility index (Phi) is 1.34. The Morgan fingerprint density at radius 3 is 3.18 bits per heavy atom. The Hall–Kier alpha value is -1.06. The standard InChI is InChI=1S/C7H12N4/c1-5-2-3-6-9-10-7(8)11(6)4-5/h5H,2-4H2,1H3,(H2,8,10). The van der Waals surface area contributed by atoms with Crippen molar-refractivity contribution < 1.29 is 0 Å². The normalized spacial score (nSPS) is 23.2. The molecule has 0 radical (unpaired) electrons. The molecule has 60 valence electrons. The number of fused-ring (bicyclic) bond motifs is 1. The zero-order chi connectivity index (χ0) is 7.84. The number of aromatic nitrogens is 3. The number of nitrogens with two attached hydrogens (primary N) is 1.